The molecule has 0 aliphatic carbocycles. The largest absolute Gasteiger partial charge is 0.366 e. The van der Waals surface area contributed by atoms with Gasteiger partial charge in [0, 0.05) is 50.4 Å². The highest BCUT2D eigenvalue weighted by molar-refractivity contribution is 5.47. The summed E-state index contributed by atoms with van der Waals surface area (Å²) in [5, 5.41) is 3.48. The van der Waals surface area contributed by atoms with Gasteiger partial charge < -0.3 is 18.9 Å². The summed E-state index contributed by atoms with van der Waals surface area (Å²) in [5.41, 5.74) is 1.70. The number of anilines is 2. The third-order valence-corrected chi connectivity index (χ3v) is 7.64. The Kier molecular flexibility index (Phi) is 6.84. The smallest absolute Gasteiger partial charge is 0.227 e. The molecule has 1 N–H and O–H groups in total. The highest BCUT2D eigenvalue weighted by Crippen LogP contribution is 2.28. The second-order valence-corrected chi connectivity index (χ2v) is 10.8. The Morgan fingerprint density at radius 1 is 1.06 bits per heavy atom. The maximum absolute atomic E-state index is 14.6. The summed E-state index contributed by atoms with van der Waals surface area (Å²) >= 11 is 0. The first kappa shape index (κ1) is 24.9. The second-order valence-electron chi connectivity index (χ2n) is 10.8. The van der Waals surface area contributed by atoms with Gasteiger partial charge in [-0.15, -0.1) is 0 Å². The average molecular weight is 497 g/mol. The van der Waals surface area contributed by atoms with Crippen LogP contribution in [0.3, 0.4) is 0 Å². The molecule has 10 heteroatoms. The molecule has 1 unspecified atom stereocenters. The zero-order chi connectivity index (χ0) is 25.4. The topological polar surface area (TPSA) is 74.1 Å². The van der Waals surface area contributed by atoms with Gasteiger partial charge in [0.25, 0.3) is 0 Å². The Balaban J connectivity index is 1.11. The Labute approximate surface area is 212 Å². The van der Waals surface area contributed by atoms with E-state index in [2.05, 4.69) is 69.2 Å². The van der Waals surface area contributed by atoms with E-state index in [-0.39, 0.29) is 11.4 Å². The lowest BCUT2D eigenvalue weighted by atomic mass is 10.0. The number of fused-ring (bicyclic) bond motifs is 1. The molecule has 5 heterocycles. The van der Waals surface area contributed by atoms with Crippen molar-refractivity contribution in [1.82, 2.24) is 29.6 Å². The van der Waals surface area contributed by atoms with Crippen LogP contribution >= 0.6 is 0 Å². The van der Waals surface area contributed by atoms with E-state index in [1.807, 2.05) is 35.5 Å². The predicted molar refractivity (Wildman–Crippen MR) is 139 cm³/mol. The molecule has 9 nitrogen and oxygen atoms in total. The normalized spacial score (nSPS) is 21.8. The van der Waals surface area contributed by atoms with Crippen LogP contribution in [0.2, 0.25) is 0 Å². The van der Waals surface area contributed by atoms with Crippen LogP contribution in [-0.2, 0) is 10.3 Å². The number of piperazine rings is 1. The molecular formula is C26H37FN8O. The van der Waals surface area contributed by atoms with Crippen LogP contribution in [0.4, 0.5) is 16.2 Å². The molecule has 0 spiro atoms. The molecule has 5 rings (SSSR count). The third kappa shape index (κ3) is 4.89. The number of ether oxygens (including phenoxy) is 1. The fourth-order valence-electron chi connectivity index (χ4n) is 5.08. The molecule has 3 aromatic rings. The number of aromatic nitrogens is 4. The molecule has 0 bridgehead atoms. The molecule has 2 aliphatic heterocycles. The summed E-state index contributed by atoms with van der Waals surface area (Å²) in [6.45, 7) is 12.8. The lowest BCUT2D eigenvalue weighted by molar-refractivity contribution is 0.0596. The summed E-state index contributed by atoms with van der Waals surface area (Å²) in [7, 11) is 2.14. The molecule has 0 saturated carbocycles. The highest BCUT2D eigenvalue weighted by Gasteiger charge is 2.33. The van der Waals surface area contributed by atoms with Crippen LogP contribution in [0, 0.1) is 11.7 Å². The fourth-order valence-corrected chi connectivity index (χ4v) is 5.08. The minimum absolute atomic E-state index is 0.300. The van der Waals surface area contributed by atoms with E-state index < -0.39 is 0 Å². The fraction of sp³-hybridized carbons (Fsp3) is 0.577. The van der Waals surface area contributed by atoms with E-state index >= 15 is 0 Å². The zero-order valence-electron chi connectivity index (χ0n) is 21.9. The molecule has 0 aromatic carbocycles. The Hall–Kier alpha value is -2.82. The predicted octanol–water partition coefficient (Wildman–Crippen LogP) is 2.73. The van der Waals surface area contributed by atoms with Gasteiger partial charge in [-0.2, -0.15) is 4.98 Å². The summed E-state index contributed by atoms with van der Waals surface area (Å²) in [5.74, 6) is 0.969. The number of rotatable bonds is 8. The van der Waals surface area contributed by atoms with E-state index in [0.717, 1.165) is 37.5 Å². The Bertz CT molecular complexity index is 1180. The van der Waals surface area contributed by atoms with Crippen LogP contribution in [0.25, 0.3) is 5.65 Å². The van der Waals surface area contributed by atoms with E-state index in [0.29, 0.717) is 43.1 Å². The van der Waals surface area contributed by atoms with Crippen molar-refractivity contribution in [1.29, 1.82) is 0 Å². The first-order chi connectivity index (χ1) is 17.2. The highest BCUT2D eigenvalue weighted by atomic mass is 19.1. The van der Waals surface area contributed by atoms with E-state index in [4.69, 9.17) is 4.74 Å². The van der Waals surface area contributed by atoms with E-state index in [1.165, 1.54) is 6.20 Å². The maximum atomic E-state index is 14.6. The van der Waals surface area contributed by atoms with Gasteiger partial charge in [0.05, 0.1) is 37.0 Å². The molecule has 2 fully saturated rings. The van der Waals surface area contributed by atoms with E-state index in [1.54, 1.807) is 0 Å². The number of nitrogens with zero attached hydrogens (tertiary/aromatic N) is 7. The molecule has 2 atom stereocenters. The number of nitrogens with one attached hydrogen (secondary N) is 1. The van der Waals surface area contributed by atoms with Crippen molar-refractivity contribution in [3.63, 3.8) is 0 Å². The van der Waals surface area contributed by atoms with Crippen molar-refractivity contribution in [2.45, 2.75) is 45.3 Å². The lowest BCUT2D eigenvalue weighted by Crippen LogP contribution is -2.55. The van der Waals surface area contributed by atoms with Gasteiger partial charge in [0.1, 0.15) is 5.65 Å². The SMILES string of the molecule is CC1CN(c2ncc(F)c(N3CC(COCNC(C)(C)c4cnc5ccccn45)C3)n2)C[C@H](C)N1C. The first-order valence-corrected chi connectivity index (χ1v) is 12.7. The van der Waals surface area contributed by atoms with Gasteiger partial charge in [0.15, 0.2) is 11.6 Å². The molecule has 36 heavy (non-hydrogen) atoms. The number of halogens is 1. The van der Waals surface area contributed by atoms with Crippen LogP contribution in [0.5, 0.6) is 0 Å². The van der Waals surface area contributed by atoms with E-state index in [9.17, 15) is 4.39 Å². The number of likely N-dealkylation sites (N-methyl/N-ethyl adjacent to an activating group) is 1. The number of hydrogen-bond donors (Lipinski definition) is 1. The molecular weight excluding hydrogens is 459 g/mol. The van der Waals surface area contributed by atoms with Gasteiger partial charge >= 0.3 is 0 Å². The van der Waals surface area contributed by atoms with Crippen LogP contribution < -0.4 is 15.1 Å². The van der Waals surface area contributed by atoms with Crippen molar-refractivity contribution >= 4 is 17.4 Å². The Morgan fingerprint density at radius 2 is 1.81 bits per heavy atom. The van der Waals surface area contributed by atoms with Crippen molar-refractivity contribution in [3.05, 3.63) is 48.3 Å². The molecule has 0 radical (unpaired) electrons. The summed E-state index contributed by atoms with van der Waals surface area (Å²) in [6, 6.07) is 6.76. The monoisotopic (exact) mass is 496 g/mol. The van der Waals surface area contributed by atoms with Gasteiger partial charge in [-0.05, 0) is 46.9 Å². The van der Waals surface area contributed by atoms with Gasteiger partial charge in [-0.1, -0.05) is 6.07 Å². The Morgan fingerprint density at radius 3 is 2.56 bits per heavy atom. The molecule has 2 aliphatic rings. The van der Waals surface area contributed by atoms with Gasteiger partial charge in [0.2, 0.25) is 5.95 Å². The van der Waals surface area contributed by atoms with Crippen molar-refractivity contribution < 1.29 is 9.13 Å². The second kappa shape index (κ2) is 9.91. The number of imidazole rings is 1. The third-order valence-electron chi connectivity index (χ3n) is 7.64. The van der Waals surface area contributed by atoms with Crippen LogP contribution in [-0.4, -0.2) is 82.9 Å². The summed E-state index contributed by atoms with van der Waals surface area (Å²) in [6.07, 6.45) is 5.23. The molecule has 2 saturated heterocycles. The molecule has 0 amide bonds. The maximum Gasteiger partial charge on any atom is 0.227 e. The minimum atomic E-state index is -0.371. The van der Waals surface area contributed by atoms with Gasteiger partial charge in [-0.3, -0.25) is 10.2 Å². The van der Waals surface area contributed by atoms with Crippen molar-refractivity contribution in [2.75, 3.05) is 56.4 Å². The lowest BCUT2D eigenvalue weighted by Gasteiger charge is -2.43. The number of pyridine rings is 1. The summed E-state index contributed by atoms with van der Waals surface area (Å²) < 4.78 is 22.6. The van der Waals surface area contributed by atoms with Crippen LogP contribution in [0.15, 0.2) is 36.8 Å². The first-order valence-electron chi connectivity index (χ1n) is 12.7. The van der Waals surface area contributed by atoms with Crippen molar-refractivity contribution in [3.8, 4) is 0 Å². The van der Waals surface area contributed by atoms with Crippen molar-refractivity contribution in [2.24, 2.45) is 5.92 Å². The summed E-state index contributed by atoms with van der Waals surface area (Å²) in [4.78, 5) is 19.9. The van der Waals surface area contributed by atoms with Gasteiger partial charge in [-0.25, -0.2) is 14.4 Å². The number of hydrogen-bond acceptors (Lipinski definition) is 8. The zero-order valence-corrected chi connectivity index (χ0v) is 21.9. The minimum Gasteiger partial charge on any atom is -0.366 e. The molecule has 3 aromatic heterocycles. The molecule has 194 valence electrons. The van der Waals surface area contributed by atoms with Crippen LogP contribution in [0.1, 0.15) is 33.4 Å². The standard InChI is InChI=1S/C26H37FN8O/c1-18-12-34(13-19(2)32(18)5)25-29-10-21(27)24(31-25)33-14-20(15-33)16-36-17-30-26(3,4)22-11-28-23-8-6-7-9-35(22)23/h6-11,18-20,30H,12-17H2,1-5H3/t18-,19?/m0/s1. The average Bonchev–Trinajstić information content (AvgIpc) is 3.27. The quantitative estimate of drug-likeness (QED) is 0.377.